The molecule has 0 radical (unpaired) electrons. The molecule has 0 aromatic heterocycles. The Balaban J connectivity index is 1.69. The van der Waals surface area contributed by atoms with Crippen LogP contribution in [0.15, 0.2) is 23.3 Å². The Labute approximate surface area is 202 Å². The Bertz CT molecular complexity index is 914. The fourth-order valence-electron chi connectivity index (χ4n) is 7.87. The van der Waals surface area contributed by atoms with Crippen LogP contribution >= 0.6 is 0 Å². The number of carbonyl (C=O) groups is 1. The van der Waals surface area contributed by atoms with E-state index in [0.29, 0.717) is 43.3 Å². The SMILES string of the molecule is CC(C)(O)CC[C@H](O)[C@](C)(O)[C@H]1CC[C@@]2(O)C3=CC(=O)C4=C[C@@H](O)[C@@H](O)C[C@]4(C)[C@H]3CC[C@]12C. The Morgan fingerprint density at radius 1 is 1.12 bits per heavy atom. The van der Waals surface area contributed by atoms with Crippen LogP contribution in [0.5, 0.6) is 0 Å². The lowest BCUT2D eigenvalue weighted by atomic mass is 9.47. The second-order valence-corrected chi connectivity index (χ2v) is 12.8. The van der Waals surface area contributed by atoms with Crippen LogP contribution in [0.4, 0.5) is 0 Å². The van der Waals surface area contributed by atoms with E-state index in [4.69, 9.17) is 0 Å². The van der Waals surface area contributed by atoms with E-state index < -0.39 is 51.9 Å². The highest BCUT2D eigenvalue weighted by atomic mass is 16.3. The lowest BCUT2D eigenvalue weighted by Crippen LogP contribution is -2.61. The first-order valence-corrected chi connectivity index (χ1v) is 12.7. The summed E-state index contributed by atoms with van der Waals surface area (Å²) in [4.78, 5) is 13.2. The molecule has 0 aromatic rings. The number of fused-ring (bicyclic) bond motifs is 5. The minimum atomic E-state index is -1.48. The molecule has 0 aromatic carbocycles. The topological polar surface area (TPSA) is 138 Å². The number of carbonyl (C=O) groups excluding carboxylic acids is 1. The molecule has 7 heteroatoms. The standard InChI is InChI=1S/C27H42O7/c1-23(2,32)9-8-22(31)26(5,33)21-7-11-27(34)16-12-18(28)17-13-19(29)20(30)14-24(17,3)15(16)6-10-25(21,27)4/h12-13,15,19-22,29-34H,6-11,14H2,1-5H3/t15-,19+,20-,21-,22-,24+,25+,26+,27+/m0/s1. The summed E-state index contributed by atoms with van der Waals surface area (Å²) < 4.78 is 0. The predicted molar refractivity (Wildman–Crippen MR) is 127 cm³/mol. The van der Waals surface area contributed by atoms with Crippen LogP contribution in [0.25, 0.3) is 0 Å². The molecule has 9 atom stereocenters. The lowest BCUT2D eigenvalue weighted by molar-refractivity contribution is -0.168. The second kappa shape index (κ2) is 7.95. The van der Waals surface area contributed by atoms with E-state index in [-0.39, 0.29) is 24.5 Å². The minimum Gasteiger partial charge on any atom is -0.390 e. The summed E-state index contributed by atoms with van der Waals surface area (Å²) in [6.45, 7) is 8.86. The van der Waals surface area contributed by atoms with Gasteiger partial charge < -0.3 is 30.6 Å². The van der Waals surface area contributed by atoms with Crippen LogP contribution in [-0.2, 0) is 4.79 Å². The molecular weight excluding hydrogens is 436 g/mol. The molecule has 0 saturated heterocycles. The van der Waals surface area contributed by atoms with Crippen molar-refractivity contribution in [3.8, 4) is 0 Å². The molecule has 0 amide bonds. The van der Waals surface area contributed by atoms with E-state index in [2.05, 4.69) is 0 Å². The van der Waals surface area contributed by atoms with Crippen molar-refractivity contribution in [1.29, 1.82) is 0 Å². The van der Waals surface area contributed by atoms with Crippen molar-refractivity contribution in [1.82, 2.24) is 0 Å². The molecule has 7 nitrogen and oxygen atoms in total. The molecule has 0 spiro atoms. The van der Waals surface area contributed by atoms with Gasteiger partial charge in [0.15, 0.2) is 5.78 Å². The summed E-state index contributed by atoms with van der Waals surface area (Å²) in [5, 5.41) is 65.3. The van der Waals surface area contributed by atoms with Crippen LogP contribution in [0, 0.1) is 22.7 Å². The molecule has 6 N–H and O–H groups in total. The molecule has 4 aliphatic rings. The highest BCUT2D eigenvalue weighted by Gasteiger charge is 2.68. The molecule has 192 valence electrons. The third-order valence-corrected chi connectivity index (χ3v) is 10.0. The van der Waals surface area contributed by atoms with E-state index in [0.717, 1.165) is 0 Å². The molecule has 0 heterocycles. The van der Waals surface area contributed by atoms with E-state index >= 15 is 0 Å². The van der Waals surface area contributed by atoms with Gasteiger partial charge in [0.1, 0.15) is 0 Å². The smallest absolute Gasteiger partial charge is 0.182 e. The highest BCUT2D eigenvalue weighted by molar-refractivity contribution is 6.07. The van der Waals surface area contributed by atoms with Crippen molar-refractivity contribution in [3.05, 3.63) is 23.3 Å². The Kier molecular flexibility index (Phi) is 6.08. The zero-order chi connectivity index (χ0) is 25.5. The quantitative estimate of drug-likeness (QED) is 0.354. The van der Waals surface area contributed by atoms with Crippen molar-refractivity contribution >= 4 is 5.78 Å². The summed E-state index contributed by atoms with van der Waals surface area (Å²) in [5.74, 6) is -0.791. The molecule has 0 unspecified atom stereocenters. The van der Waals surface area contributed by atoms with Crippen LogP contribution in [0.2, 0.25) is 0 Å². The van der Waals surface area contributed by atoms with Gasteiger partial charge in [-0.15, -0.1) is 0 Å². The van der Waals surface area contributed by atoms with Crippen LogP contribution in [0.1, 0.15) is 79.6 Å². The van der Waals surface area contributed by atoms with E-state index in [1.165, 1.54) is 12.2 Å². The first-order chi connectivity index (χ1) is 15.5. The van der Waals surface area contributed by atoms with Crippen molar-refractivity contribution in [3.63, 3.8) is 0 Å². The predicted octanol–water partition coefficient (Wildman–Crippen LogP) is 1.77. The molecule has 2 fully saturated rings. The molecular formula is C27H42O7. The molecule has 34 heavy (non-hydrogen) atoms. The van der Waals surface area contributed by atoms with Gasteiger partial charge in [-0.3, -0.25) is 4.79 Å². The first kappa shape index (κ1) is 26.0. The van der Waals surface area contributed by atoms with Gasteiger partial charge in [0, 0.05) is 16.4 Å². The lowest BCUT2D eigenvalue weighted by Gasteiger charge is -2.59. The Hall–Kier alpha value is -1.09. The van der Waals surface area contributed by atoms with Crippen molar-refractivity contribution in [2.75, 3.05) is 0 Å². The molecule has 0 aliphatic heterocycles. The molecule has 0 bridgehead atoms. The number of ketones is 1. The average molecular weight is 479 g/mol. The zero-order valence-corrected chi connectivity index (χ0v) is 21.1. The van der Waals surface area contributed by atoms with Gasteiger partial charge in [-0.25, -0.2) is 0 Å². The van der Waals surface area contributed by atoms with Crippen molar-refractivity contribution in [2.45, 2.75) is 115 Å². The maximum Gasteiger partial charge on any atom is 0.182 e. The average Bonchev–Trinajstić information content (AvgIpc) is 3.00. The third kappa shape index (κ3) is 3.66. The number of allylic oxidation sites excluding steroid dienone is 2. The largest absolute Gasteiger partial charge is 0.390 e. The van der Waals surface area contributed by atoms with Crippen molar-refractivity contribution < 1.29 is 35.4 Å². The fraction of sp³-hybridized carbons (Fsp3) is 0.815. The number of aliphatic hydroxyl groups excluding tert-OH is 3. The van der Waals surface area contributed by atoms with E-state index in [9.17, 15) is 35.4 Å². The van der Waals surface area contributed by atoms with Gasteiger partial charge in [0.2, 0.25) is 0 Å². The number of rotatable bonds is 5. The minimum absolute atomic E-state index is 0.152. The van der Waals surface area contributed by atoms with E-state index in [1.54, 1.807) is 20.8 Å². The summed E-state index contributed by atoms with van der Waals surface area (Å²) in [5.41, 5.74) is -4.00. The number of hydrogen-bond donors (Lipinski definition) is 6. The van der Waals surface area contributed by atoms with Gasteiger partial charge >= 0.3 is 0 Å². The monoisotopic (exact) mass is 478 g/mol. The van der Waals surface area contributed by atoms with E-state index in [1.807, 2.05) is 13.8 Å². The number of hydrogen-bond acceptors (Lipinski definition) is 7. The molecule has 2 saturated carbocycles. The Morgan fingerprint density at radius 3 is 2.38 bits per heavy atom. The third-order valence-electron chi connectivity index (χ3n) is 10.0. The van der Waals surface area contributed by atoms with Gasteiger partial charge in [-0.05, 0) is 95.3 Å². The summed E-state index contributed by atoms with van der Waals surface area (Å²) >= 11 is 0. The Morgan fingerprint density at radius 2 is 1.76 bits per heavy atom. The van der Waals surface area contributed by atoms with Crippen LogP contribution in [-0.4, -0.2) is 71.5 Å². The van der Waals surface area contributed by atoms with Gasteiger partial charge in [-0.2, -0.15) is 0 Å². The van der Waals surface area contributed by atoms with Gasteiger partial charge in [0.05, 0.1) is 35.1 Å². The van der Waals surface area contributed by atoms with Crippen molar-refractivity contribution in [2.24, 2.45) is 22.7 Å². The van der Waals surface area contributed by atoms with Gasteiger partial charge in [-0.1, -0.05) is 13.8 Å². The summed E-state index contributed by atoms with van der Waals surface area (Å²) in [6, 6.07) is 0. The molecule has 4 aliphatic carbocycles. The van der Waals surface area contributed by atoms with Gasteiger partial charge in [0.25, 0.3) is 0 Å². The number of aliphatic hydroxyl groups is 6. The summed E-state index contributed by atoms with van der Waals surface area (Å²) in [6.07, 6.45) is 2.85. The normalized spacial score (nSPS) is 44.9. The fourth-order valence-corrected chi connectivity index (χ4v) is 7.87. The summed E-state index contributed by atoms with van der Waals surface area (Å²) in [7, 11) is 0. The first-order valence-electron chi connectivity index (χ1n) is 12.7. The van der Waals surface area contributed by atoms with Crippen LogP contribution < -0.4 is 0 Å². The highest BCUT2D eigenvalue weighted by Crippen LogP contribution is 2.68. The van der Waals surface area contributed by atoms with Crippen LogP contribution in [0.3, 0.4) is 0 Å². The molecule has 4 rings (SSSR count). The maximum absolute atomic E-state index is 13.2. The second-order valence-electron chi connectivity index (χ2n) is 12.8. The maximum atomic E-state index is 13.2. The zero-order valence-electron chi connectivity index (χ0n) is 21.1.